The van der Waals surface area contributed by atoms with E-state index in [0.29, 0.717) is 17.7 Å². The monoisotopic (exact) mass is 391 g/mol. The van der Waals surface area contributed by atoms with Crippen molar-refractivity contribution in [3.8, 4) is 0 Å². The summed E-state index contributed by atoms with van der Waals surface area (Å²) < 4.78 is 28.5. The smallest absolute Gasteiger partial charge is 0.240 e. The zero-order valence-electron chi connectivity index (χ0n) is 15.7. The standard InChI is InChI=1S/C20H29N3O3S/c24-20-8-5-16-13-18(6-7-19(16)21-20)27(25,26)22-17-9-11-23(12-10-17)14-15-3-1-2-4-15/h6-7,13,15,17,22H,1-5,8-12,14H2,(H,21,24). The molecule has 1 aliphatic carbocycles. The molecule has 1 aromatic carbocycles. The first-order valence-electron chi connectivity index (χ1n) is 10.2. The highest BCUT2D eigenvalue weighted by molar-refractivity contribution is 7.89. The van der Waals surface area contributed by atoms with Gasteiger partial charge in [0.1, 0.15) is 0 Å². The van der Waals surface area contributed by atoms with E-state index in [4.69, 9.17) is 0 Å². The minimum Gasteiger partial charge on any atom is -0.326 e. The van der Waals surface area contributed by atoms with Gasteiger partial charge in [-0.15, -0.1) is 0 Å². The molecule has 148 valence electrons. The van der Waals surface area contributed by atoms with Gasteiger partial charge in [0.15, 0.2) is 0 Å². The van der Waals surface area contributed by atoms with Crippen LogP contribution in [-0.2, 0) is 21.2 Å². The predicted octanol–water partition coefficient (Wildman–Crippen LogP) is 2.50. The number of amides is 1. The molecule has 0 aromatic heterocycles. The van der Waals surface area contributed by atoms with Crippen LogP contribution < -0.4 is 10.0 Å². The number of nitrogens with one attached hydrogen (secondary N) is 2. The number of hydrogen-bond donors (Lipinski definition) is 2. The lowest BCUT2D eigenvalue weighted by atomic mass is 10.0. The fraction of sp³-hybridized carbons (Fsp3) is 0.650. The number of nitrogens with zero attached hydrogens (tertiary/aromatic N) is 1. The van der Waals surface area contributed by atoms with Crippen LogP contribution >= 0.6 is 0 Å². The predicted molar refractivity (Wildman–Crippen MR) is 105 cm³/mol. The van der Waals surface area contributed by atoms with Crippen molar-refractivity contribution in [3.05, 3.63) is 23.8 Å². The molecule has 6 nitrogen and oxygen atoms in total. The first kappa shape index (κ1) is 18.9. The van der Waals surface area contributed by atoms with Gasteiger partial charge >= 0.3 is 0 Å². The third kappa shape index (κ3) is 4.52. The van der Waals surface area contributed by atoms with Crippen molar-refractivity contribution in [2.45, 2.75) is 62.3 Å². The summed E-state index contributed by atoms with van der Waals surface area (Å²) >= 11 is 0. The number of anilines is 1. The number of sulfonamides is 1. The molecule has 1 amide bonds. The van der Waals surface area contributed by atoms with Gasteiger partial charge in [0.2, 0.25) is 15.9 Å². The fourth-order valence-corrected chi connectivity index (χ4v) is 5.96. The summed E-state index contributed by atoms with van der Waals surface area (Å²) in [5.41, 5.74) is 1.62. The van der Waals surface area contributed by atoms with Crippen molar-refractivity contribution >= 4 is 21.6 Å². The summed E-state index contributed by atoms with van der Waals surface area (Å²) in [6, 6.07) is 4.99. The topological polar surface area (TPSA) is 78.5 Å². The van der Waals surface area contributed by atoms with Crippen LogP contribution in [0.1, 0.15) is 50.5 Å². The first-order valence-corrected chi connectivity index (χ1v) is 11.7. The van der Waals surface area contributed by atoms with Crippen LogP contribution in [0.5, 0.6) is 0 Å². The Hall–Kier alpha value is -1.44. The van der Waals surface area contributed by atoms with Gasteiger partial charge in [-0.25, -0.2) is 13.1 Å². The molecule has 0 atom stereocenters. The lowest BCUT2D eigenvalue weighted by Gasteiger charge is -2.33. The van der Waals surface area contributed by atoms with Crippen LogP contribution in [0.25, 0.3) is 0 Å². The molecule has 0 unspecified atom stereocenters. The van der Waals surface area contributed by atoms with Gasteiger partial charge in [-0.2, -0.15) is 0 Å². The van der Waals surface area contributed by atoms with E-state index in [1.165, 1.54) is 32.2 Å². The number of aryl methyl sites for hydroxylation is 1. The lowest BCUT2D eigenvalue weighted by Crippen LogP contribution is -2.45. The number of carbonyl (C=O) groups excluding carboxylic acids is 1. The Morgan fingerprint density at radius 1 is 1.07 bits per heavy atom. The molecule has 2 fully saturated rings. The Balaban J connectivity index is 1.34. The highest BCUT2D eigenvalue weighted by atomic mass is 32.2. The number of hydrogen-bond acceptors (Lipinski definition) is 4. The van der Waals surface area contributed by atoms with E-state index in [1.807, 2.05) is 0 Å². The molecule has 1 aromatic rings. The summed E-state index contributed by atoms with van der Waals surface area (Å²) in [5, 5.41) is 2.79. The molecular weight excluding hydrogens is 362 g/mol. The molecule has 2 aliphatic heterocycles. The molecule has 3 aliphatic rings. The highest BCUT2D eigenvalue weighted by Gasteiger charge is 2.27. The Labute approximate surface area is 161 Å². The van der Waals surface area contributed by atoms with Crippen molar-refractivity contribution in [1.29, 1.82) is 0 Å². The van der Waals surface area contributed by atoms with E-state index in [0.717, 1.165) is 43.1 Å². The Morgan fingerprint density at radius 2 is 1.81 bits per heavy atom. The lowest BCUT2D eigenvalue weighted by molar-refractivity contribution is -0.116. The van der Waals surface area contributed by atoms with Gasteiger partial charge in [-0.3, -0.25) is 4.79 Å². The van der Waals surface area contributed by atoms with Gasteiger partial charge in [0.25, 0.3) is 0 Å². The number of carbonyl (C=O) groups is 1. The normalized spacial score (nSPS) is 22.6. The number of piperidine rings is 1. The number of fused-ring (bicyclic) bond motifs is 1. The molecular formula is C20H29N3O3S. The maximum absolute atomic E-state index is 12.8. The molecule has 1 saturated heterocycles. The van der Waals surface area contributed by atoms with E-state index >= 15 is 0 Å². The third-order valence-electron chi connectivity index (χ3n) is 6.18. The van der Waals surface area contributed by atoms with Gasteiger partial charge in [-0.1, -0.05) is 12.8 Å². The fourth-order valence-electron chi connectivity index (χ4n) is 4.61. The summed E-state index contributed by atoms with van der Waals surface area (Å²) in [7, 11) is -3.53. The minimum atomic E-state index is -3.53. The second kappa shape index (κ2) is 7.89. The van der Waals surface area contributed by atoms with E-state index in [-0.39, 0.29) is 11.9 Å². The van der Waals surface area contributed by atoms with Gasteiger partial charge in [-0.05, 0) is 74.9 Å². The van der Waals surface area contributed by atoms with Crippen molar-refractivity contribution in [2.75, 3.05) is 25.0 Å². The van der Waals surface area contributed by atoms with Gasteiger partial charge in [0, 0.05) is 24.7 Å². The molecule has 0 spiro atoms. The van der Waals surface area contributed by atoms with E-state index in [1.54, 1.807) is 18.2 Å². The average molecular weight is 392 g/mol. The van der Waals surface area contributed by atoms with E-state index in [2.05, 4.69) is 14.9 Å². The number of benzene rings is 1. The first-order chi connectivity index (χ1) is 13.0. The summed E-state index contributed by atoms with van der Waals surface area (Å²) in [6.45, 7) is 3.12. The van der Waals surface area contributed by atoms with Crippen molar-refractivity contribution < 1.29 is 13.2 Å². The SMILES string of the molecule is O=C1CCc2cc(S(=O)(=O)NC3CCN(CC4CCCC4)CC3)ccc2N1. The number of likely N-dealkylation sites (tertiary alicyclic amines) is 1. The van der Waals surface area contributed by atoms with E-state index in [9.17, 15) is 13.2 Å². The third-order valence-corrected chi connectivity index (χ3v) is 7.70. The second-order valence-corrected chi connectivity index (χ2v) is 9.93. The second-order valence-electron chi connectivity index (χ2n) is 8.21. The Kier molecular flexibility index (Phi) is 5.53. The van der Waals surface area contributed by atoms with Gasteiger partial charge < -0.3 is 10.2 Å². The zero-order chi connectivity index (χ0) is 18.9. The van der Waals surface area contributed by atoms with Crippen LogP contribution in [0.4, 0.5) is 5.69 Å². The quantitative estimate of drug-likeness (QED) is 0.808. The Bertz CT molecular complexity index is 795. The maximum Gasteiger partial charge on any atom is 0.240 e. The largest absolute Gasteiger partial charge is 0.326 e. The van der Waals surface area contributed by atoms with Crippen LogP contribution in [0.2, 0.25) is 0 Å². The molecule has 2 heterocycles. The molecule has 0 bridgehead atoms. The summed E-state index contributed by atoms with van der Waals surface area (Å²) in [4.78, 5) is 14.3. The van der Waals surface area contributed by atoms with Crippen LogP contribution in [0.15, 0.2) is 23.1 Å². The molecule has 27 heavy (non-hydrogen) atoms. The molecule has 4 rings (SSSR count). The summed E-state index contributed by atoms with van der Waals surface area (Å²) in [5.74, 6) is 0.829. The van der Waals surface area contributed by atoms with Crippen molar-refractivity contribution in [3.63, 3.8) is 0 Å². The van der Waals surface area contributed by atoms with E-state index < -0.39 is 10.0 Å². The Morgan fingerprint density at radius 3 is 2.56 bits per heavy atom. The van der Waals surface area contributed by atoms with Crippen LogP contribution in [-0.4, -0.2) is 44.9 Å². The van der Waals surface area contributed by atoms with Crippen LogP contribution in [0.3, 0.4) is 0 Å². The number of rotatable bonds is 5. The molecule has 7 heteroatoms. The van der Waals surface area contributed by atoms with Crippen LogP contribution in [0, 0.1) is 5.92 Å². The summed E-state index contributed by atoms with van der Waals surface area (Å²) in [6.07, 6.45) is 8.17. The minimum absolute atomic E-state index is 0.00515. The molecule has 2 N–H and O–H groups in total. The maximum atomic E-state index is 12.8. The van der Waals surface area contributed by atoms with Crippen molar-refractivity contribution in [1.82, 2.24) is 9.62 Å². The van der Waals surface area contributed by atoms with Gasteiger partial charge in [0.05, 0.1) is 4.90 Å². The molecule has 1 saturated carbocycles. The van der Waals surface area contributed by atoms with Crippen molar-refractivity contribution in [2.24, 2.45) is 5.92 Å². The highest BCUT2D eigenvalue weighted by Crippen LogP contribution is 2.28. The average Bonchev–Trinajstić information content (AvgIpc) is 3.15. The molecule has 0 radical (unpaired) electrons. The zero-order valence-corrected chi connectivity index (χ0v) is 16.6.